The normalized spacial score (nSPS) is 21.6. The highest BCUT2D eigenvalue weighted by atomic mass is 16.5. The first-order valence-corrected chi connectivity index (χ1v) is 7.21. The minimum absolute atomic E-state index is 0.0458. The Morgan fingerprint density at radius 3 is 3.10 bits per heavy atom. The van der Waals surface area contributed by atoms with E-state index in [2.05, 4.69) is 15.3 Å². The molecule has 1 aromatic carbocycles. The second-order valence-corrected chi connectivity index (χ2v) is 5.55. The number of H-pyrrole nitrogens is 1. The van der Waals surface area contributed by atoms with E-state index in [9.17, 15) is 4.79 Å². The van der Waals surface area contributed by atoms with Crippen LogP contribution in [0.5, 0.6) is 5.75 Å². The van der Waals surface area contributed by atoms with E-state index in [1.807, 2.05) is 18.2 Å². The van der Waals surface area contributed by atoms with Crippen LogP contribution in [-0.2, 0) is 11.3 Å². The van der Waals surface area contributed by atoms with Crippen molar-refractivity contribution >= 4 is 16.9 Å². The molecule has 6 heteroatoms. The zero-order valence-electron chi connectivity index (χ0n) is 12.1. The number of nitrogens with two attached hydrogens (primary N) is 1. The van der Waals surface area contributed by atoms with Crippen molar-refractivity contribution < 1.29 is 9.53 Å². The zero-order chi connectivity index (χ0) is 14.8. The second kappa shape index (κ2) is 5.73. The van der Waals surface area contributed by atoms with Crippen molar-refractivity contribution in [1.82, 2.24) is 15.3 Å². The lowest BCUT2D eigenvalue weighted by molar-refractivity contribution is -0.125. The quantitative estimate of drug-likeness (QED) is 0.791. The number of aromatic amines is 1. The first kappa shape index (κ1) is 13.9. The van der Waals surface area contributed by atoms with Gasteiger partial charge in [-0.2, -0.15) is 0 Å². The fourth-order valence-corrected chi connectivity index (χ4v) is 2.82. The molecule has 0 spiro atoms. The fraction of sp³-hybridized carbons (Fsp3) is 0.467. The minimum atomic E-state index is 0.0458. The van der Waals surface area contributed by atoms with Gasteiger partial charge in [-0.3, -0.25) is 4.79 Å². The largest absolute Gasteiger partial charge is 0.497 e. The van der Waals surface area contributed by atoms with Gasteiger partial charge in [-0.25, -0.2) is 4.98 Å². The maximum atomic E-state index is 12.1. The standard InChI is InChI=1S/C15H20N4O2/c1-21-11-4-5-12-13(7-11)19-14(18-12)8-17-15(20)9-2-3-10(16)6-9/h4-5,7,9-10H,2-3,6,8,16H2,1H3,(H,17,20)(H,18,19)/t9-,10+/m1/s1. The van der Waals surface area contributed by atoms with Crippen molar-refractivity contribution in [3.63, 3.8) is 0 Å². The van der Waals surface area contributed by atoms with Gasteiger partial charge in [0, 0.05) is 18.0 Å². The van der Waals surface area contributed by atoms with Crippen molar-refractivity contribution in [2.24, 2.45) is 11.7 Å². The molecule has 1 aliphatic carbocycles. The summed E-state index contributed by atoms with van der Waals surface area (Å²) in [5.74, 6) is 1.64. The summed E-state index contributed by atoms with van der Waals surface area (Å²) in [4.78, 5) is 19.7. The van der Waals surface area contributed by atoms with E-state index in [1.54, 1.807) is 7.11 Å². The summed E-state index contributed by atoms with van der Waals surface area (Å²) >= 11 is 0. The summed E-state index contributed by atoms with van der Waals surface area (Å²) in [6, 6.07) is 5.82. The van der Waals surface area contributed by atoms with E-state index in [4.69, 9.17) is 10.5 Å². The molecule has 0 bridgehead atoms. The number of imidazole rings is 1. The van der Waals surface area contributed by atoms with Gasteiger partial charge in [0.05, 0.1) is 24.7 Å². The predicted molar refractivity (Wildman–Crippen MR) is 79.8 cm³/mol. The SMILES string of the molecule is COc1ccc2nc(CNC(=O)[C@@H]3CC[C@H](N)C3)[nH]c2c1. The number of carbonyl (C=O) groups excluding carboxylic acids is 1. The van der Waals surface area contributed by atoms with Gasteiger partial charge in [0.25, 0.3) is 0 Å². The summed E-state index contributed by atoms with van der Waals surface area (Å²) < 4.78 is 5.18. The van der Waals surface area contributed by atoms with Crippen LogP contribution in [-0.4, -0.2) is 29.0 Å². The van der Waals surface area contributed by atoms with E-state index >= 15 is 0 Å². The average Bonchev–Trinajstić information content (AvgIpc) is 3.09. The van der Waals surface area contributed by atoms with Crippen LogP contribution < -0.4 is 15.8 Å². The molecule has 2 aromatic rings. The first-order chi connectivity index (χ1) is 10.2. The first-order valence-electron chi connectivity index (χ1n) is 7.21. The summed E-state index contributed by atoms with van der Waals surface area (Å²) in [5.41, 5.74) is 7.61. The number of rotatable bonds is 4. The number of benzene rings is 1. The van der Waals surface area contributed by atoms with Crippen LogP contribution in [0, 0.1) is 5.92 Å². The Bertz CT molecular complexity index is 652. The fourth-order valence-electron chi connectivity index (χ4n) is 2.82. The van der Waals surface area contributed by atoms with Gasteiger partial charge in [-0.1, -0.05) is 0 Å². The molecule has 1 aliphatic rings. The number of nitrogens with one attached hydrogen (secondary N) is 2. The number of nitrogens with zero attached hydrogens (tertiary/aromatic N) is 1. The Kier molecular flexibility index (Phi) is 3.79. The number of fused-ring (bicyclic) bond motifs is 1. The van der Waals surface area contributed by atoms with Crippen LogP contribution in [0.3, 0.4) is 0 Å². The van der Waals surface area contributed by atoms with Gasteiger partial charge < -0.3 is 20.8 Å². The third-order valence-electron chi connectivity index (χ3n) is 4.01. The van der Waals surface area contributed by atoms with Gasteiger partial charge in [0.2, 0.25) is 5.91 Å². The van der Waals surface area contributed by atoms with Crippen LogP contribution in [0.4, 0.5) is 0 Å². The Morgan fingerprint density at radius 2 is 2.38 bits per heavy atom. The maximum Gasteiger partial charge on any atom is 0.223 e. The Morgan fingerprint density at radius 1 is 1.52 bits per heavy atom. The highest BCUT2D eigenvalue weighted by Crippen LogP contribution is 2.24. The molecular formula is C15H20N4O2. The van der Waals surface area contributed by atoms with E-state index in [1.165, 1.54) is 0 Å². The molecule has 0 unspecified atom stereocenters. The monoisotopic (exact) mass is 288 g/mol. The highest BCUT2D eigenvalue weighted by Gasteiger charge is 2.27. The molecule has 112 valence electrons. The maximum absolute atomic E-state index is 12.1. The molecule has 0 saturated heterocycles. The molecule has 6 nitrogen and oxygen atoms in total. The van der Waals surface area contributed by atoms with Gasteiger partial charge in [-0.05, 0) is 31.4 Å². The number of carbonyl (C=O) groups is 1. The van der Waals surface area contributed by atoms with Crippen LogP contribution in [0.25, 0.3) is 11.0 Å². The van der Waals surface area contributed by atoms with E-state index in [0.717, 1.165) is 41.9 Å². The lowest BCUT2D eigenvalue weighted by atomic mass is 10.1. The number of methoxy groups -OCH3 is 1. The van der Waals surface area contributed by atoms with Gasteiger partial charge in [-0.15, -0.1) is 0 Å². The van der Waals surface area contributed by atoms with Crippen LogP contribution >= 0.6 is 0 Å². The molecule has 0 radical (unpaired) electrons. The molecule has 3 rings (SSSR count). The van der Waals surface area contributed by atoms with Crippen molar-refractivity contribution in [2.75, 3.05) is 7.11 Å². The molecule has 1 aromatic heterocycles. The lowest BCUT2D eigenvalue weighted by Gasteiger charge is -2.09. The molecule has 2 atom stereocenters. The molecule has 1 heterocycles. The molecule has 4 N–H and O–H groups in total. The van der Waals surface area contributed by atoms with Gasteiger partial charge in [0.1, 0.15) is 11.6 Å². The Labute approximate surface area is 123 Å². The molecule has 1 fully saturated rings. The lowest BCUT2D eigenvalue weighted by Crippen LogP contribution is -2.30. The van der Waals surface area contributed by atoms with E-state index in [-0.39, 0.29) is 17.9 Å². The Hall–Kier alpha value is -2.08. The van der Waals surface area contributed by atoms with Gasteiger partial charge >= 0.3 is 0 Å². The van der Waals surface area contributed by atoms with E-state index in [0.29, 0.717) is 6.54 Å². The zero-order valence-corrected chi connectivity index (χ0v) is 12.1. The molecule has 1 saturated carbocycles. The highest BCUT2D eigenvalue weighted by molar-refractivity contribution is 5.79. The topological polar surface area (TPSA) is 93.0 Å². The van der Waals surface area contributed by atoms with Crippen LogP contribution in [0.15, 0.2) is 18.2 Å². The summed E-state index contributed by atoms with van der Waals surface area (Å²) in [7, 11) is 1.63. The van der Waals surface area contributed by atoms with E-state index < -0.39 is 0 Å². The van der Waals surface area contributed by atoms with Crippen molar-refractivity contribution in [1.29, 1.82) is 0 Å². The number of ether oxygens (including phenoxy) is 1. The molecular weight excluding hydrogens is 268 g/mol. The number of amides is 1. The van der Waals surface area contributed by atoms with Crippen LogP contribution in [0.1, 0.15) is 25.1 Å². The third-order valence-corrected chi connectivity index (χ3v) is 4.01. The molecule has 21 heavy (non-hydrogen) atoms. The summed E-state index contributed by atoms with van der Waals surface area (Å²) in [6.07, 6.45) is 2.59. The molecule has 0 aliphatic heterocycles. The number of hydrogen-bond donors (Lipinski definition) is 3. The second-order valence-electron chi connectivity index (χ2n) is 5.55. The average molecular weight is 288 g/mol. The van der Waals surface area contributed by atoms with Gasteiger partial charge in [0.15, 0.2) is 0 Å². The van der Waals surface area contributed by atoms with Crippen LogP contribution in [0.2, 0.25) is 0 Å². The van der Waals surface area contributed by atoms with Crippen molar-refractivity contribution in [3.05, 3.63) is 24.0 Å². The van der Waals surface area contributed by atoms with Crippen molar-refractivity contribution in [3.8, 4) is 5.75 Å². The smallest absolute Gasteiger partial charge is 0.223 e. The number of aromatic nitrogens is 2. The predicted octanol–water partition coefficient (Wildman–Crippen LogP) is 1.32. The third kappa shape index (κ3) is 3.00. The molecule has 1 amide bonds. The number of hydrogen-bond acceptors (Lipinski definition) is 4. The Balaban J connectivity index is 1.63. The summed E-state index contributed by atoms with van der Waals surface area (Å²) in [5, 5.41) is 2.93. The summed E-state index contributed by atoms with van der Waals surface area (Å²) in [6.45, 7) is 0.404. The minimum Gasteiger partial charge on any atom is -0.497 e. The van der Waals surface area contributed by atoms with Crippen molar-refractivity contribution in [2.45, 2.75) is 31.8 Å².